The van der Waals surface area contributed by atoms with Gasteiger partial charge in [-0.2, -0.15) is 0 Å². The van der Waals surface area contributed by atoms with E-state index in [9.17, 15) is 8.78 Å². The van der Waals surface area contributed by atoms with Gasteiger partial charge in [-0.05, 0) is 6.07 Å². The Kier molecular flexibility index (Phi) is 3.33. The minimum atomic E-state index is -0.627. The number of hydrogen-bond donors (Lipinski definition) is 1. The first-order chi connectivity index (χ1) is 6.19. The van der Waals surface area contributed by atoms with Gasteiger partial charge in [-0.1, -0.05) is 6.07 Å². The molecule has 0 aromatic heterocycles. The van der Waals surface area contributed by atoms with Gasteiger partial charge in [-0.3, -0.25) is 0 Å². The number of rotatable bonds is 3. The van der Waals surface area contributed by atoms with Crippen LogP contribution in [0.1, 0.15) is 11.7 Å². The molecule has 1 rings (SSSR count). The smallest absolute Gasteiger partial charge is 0.131 e. The molecule has 4 heteroatoms. The van der Waals surface area contributed by atoms with Gasteiger partial charge >= 0.3 is 0 Å². The van der Waals surface area contributed by atoms with E-state index in [-0.39, 0.29) is 12.1 Å². The van der Waals surface area contributed by atoms with Crippen LogP contribution in [-0.2, 0) is 4.74 Å². The lowest BCUT2D eigenvalue weighted by Gasteiger charge is -2.13. The number of benzene rings is 1. The van der Waals surface area contributed by atoms with E-state index in [4.69, 9.17) is 10.5 Å². The molecular formula is C9H11F2NO. The van der Waals surface area contributed by atoms with Gasteiger partial charge in [-0.25, -0.2) is 8.78 Å². The molecule has 0 radical (unpaired) electrons. The van der Waals surface area contributed by atoms with Crippen molar-refractivity contribution in [3.8, 4) is 0 Å². The molecule has 0 saturated heterocycles. The number of halogens is 2. The lowest BCUT2D eigenvalue weighted by atomic mass is 10.1. The van der Waals surface area contributed by atoms with Crippen LogP contribution in [0, 0.1) is 11.6 Å². The van der Waals surface area contributed by atoms with Gasteiger partial charge < -0.3 is 10.5 Å². The fourth-order valence-corrected chi connectivity index (χ4v) is 1.11. The van der Waals surface area contributed by atoms with Crippen molar-refractivity contribution in [2.75, 3.05) is 13.7 Å². The Labute approximate surface area is 75.3 Å². The van der Waals surface area contributed by atoms with Crippen molar-refractivity contribution >= 4 is 0 Å². The standard InChI is InChI=1S/C9H11F2NO/c1-13-9(5-12)7-3-2-6(10)4-8(7)11/h2-4,9H,5,12H2,1H3/t9-/m0/s1. The van der Waals surface area contributed by atoms with Gasteiger partial charge in [0.05, 0.1) is 6.10 Å². The third kappa shape index (κ3) is 2.23. The molecule has 0 unspecified atom stereocenters. The molecule has 0 aliphatic heterocycles. The lowest BCUT2D eigenvalue weighted by molar-refractivity contribution is 0.107. The van der Waals surface area contributed by atoms with Gasteiger partial charge in [0.15, 0.2) is 0 Å². The van der Waals surface area contributed by atoms with Crippen LogP contribution in [0.4, 0.5) is 8.78 Å². The van der Waals surface area contributed by atoms with Crippen LogP contribution in [0.15, 0.2) is 18.2 Å². The van der Waals surface area contributed by atoms with Crippen LogP contribution < -0.4 is 5.73 Å². The van der Waals surface area contributed by atoms with Crippen LogP contribution >= 0.6 is 0 Å². The van der Waals surface area contributed by atoms with Crippen LogP contribution in [0.2, 0.25) is 0 Å². The Hall–Kier alpha value is -1.00. The van der Waals surface area contributed by atoms with E-state index < -0.39 is 17.7 Å². The molecule has 0 amide bonds. The molecule has 0 aliphatic rings. The van der Waals surface area contributed by atoms with Crippen LogP contribution in [0.3, 0.4) is 0 Å². The maximum Gasteiger partial charge on any atom is 0.131 e. The largest absolute Gasteiger partial charge is 0.375 e. The molecule has 0 spiro atoms. The first-order valence-electron chi connectivity index (χ1n) is 3.87. The Bertz CT molecular complexity index is 287. The molecule has 2 N–H and O–H groups in total. The predicted molar refractivity (Wildman–Crippen MR) is 45.2 cm³/mol. The highest BCUT2D eigenvalue weighted by atomic mass is 19.1. The highest BCUT2D eigenvalue weighted by Crippen LogP contribution is 2.19. The summed E-state index contributed by atoms with van der Waals surface area (Å²) in [7, 11) is 1.43. The molecule has 1 aromatic rings. The fraction of sp³-hybridized carbons (Fsp3) is 0.333. The van der Waals surface area contributed by atoms with Crippen molar-refractivity contribution in [2.24, 2.45) is 5.73 Å². The molecular weight excluding hydrogens is 176 g/mol. The van der Waals surface area contributed by atoms with Gasteiger partial charge in [0.2, 0.25) is 0 Å². The zero-order valence-corrected chi connectivity index (χ0v) is 7.26. The summed E-state index contributed by atoms with van der Waals surface area (Å²) in [5.41, 5.74) is 5.62. The van der Waals surface area contributed by atoms with Gasteiger partial charge in [0.25, 0.3) is 0 Å². The monoisotopic (exact) mass is 187 g/mol. The summed E-state index contributed by atoms with van der Waals surface area (Å²) in [6, 6.07) is 3.34. The zero-order chi connectivity index (χ0) is 9.84. The molecule has 72 valence electrons. The van der Waals surface area contributed by atoms with Crippen LogP contribution in [0.5, 0.6) is 0 Å². The topological polar surface area (TPSA) is 35.2 Å². The normalized spacial score (nSPS) is 12.9. The fourth-order valence-electron chi connectivity index (χ4n) is 1.11. The van der Waals surface area contributed by atoms with Gasteiger partial charge in [-0.15, -0.1) is 0 Å². The van der Waals surface area contributed by atoms with Crippen molar-refractivity contribution in [1.29, 1.82) is 0 Å². The first-order valence-corrected chi connectivity index (χ1v) is 3.87. The highest BCUT2D eigenvalue weighted by molar-refractivity contribution is 5.21. The van der Waals surface area contributed by atoms with Crippen molar-refractivity contribution in [1.82, 2.24) is 0 Å². The third-order valence-corrected chi connectivity index (χ3v) is 1.81. The molecule has 0 fully saturated rings. The SMILES string of the molecule is CO[C@@H](CN)c1ccc(F)cc1F. The van der Waals surface area contributed by atoms with E-state index in [0.717, 1.165) is 6.07 Å². The van der Waals surface area contributed by atoms with Gasteiger partial charge in [0.1, 0.15) is 11.6 Å². The Morgan fingerprint density at radius 2 is 2.15 bits per heavy atom. The Morgan fingerprint density at radius 3 is 2.62 bits per heavy atom. The summed E-state index contributed by atoms with van der Waals surface area (Å²) in [6.07, 6.45) is -0.513. The predicted octanol–water partition coefficient (Wildman–Crippen LogP) is 1.61. The second kappa shape index (κ2) is 4.30. The van der Waals surface area contributed by atoms with Crippen LogP contribution in [-0.4, -0.2) is 13.7 Å². The van der Waals surface area contributed by atoms with E-state index >= 15 is 0 Å². The first kappa shape index (κ1) is 10.1. The summed E-state index contributed by atoms with van der Waals surface area (Å²) in [4.78, 5) is 0. The van der Waals surface area contributed by atoms with E-state index in [1.54, 1.807) is 0 Å². The minimum Gasteiger partial charge on any atom is -0.375 e. The average Bonchev–Trinajstić information content (AvgIpc) is 2.10. The van der Waals surface area contributed by atoms with Crippen molar-refractivity contribution in [3.63, 3.8) is 0 Å². The molecule has 0 aliphatic carbocycles. The molecule has 13 heavy (non-hydrogen) atoms. The summed E-state index contributed by atoms with van der Waals surface area (Å²) in [6.45, 7) is 0.166. The molecule has 0 heterocycles. The van der Waals surface area contributed by atoms with E-state index in [0.29, 0.717) is 0 Å². The average molecular weight is 187 g/mol. The maximum absolute atomic E-state index is 13.1. The van der Waals surface area contributed by atoms with E-state index in [2.05, 4.69) is 0 Å². The molecule has 1 atom stereocenters. The quantitative estimate of drug-likeness (QED) is 0.780. The lowest BCUT2D eigenvalue weighted by Crippen LogP contribution is -2.15. The van der Waals surface area contributed by atoms with E-state index in [1.165, 1.54) is 19.2 Å². The minimum absolute atomic E-state index is 0.166. The van der Waals surface area contributed by atoms with Crippen LogP contribution in [0.25, 0.3) is 0 Å². The van der Waals surface area contributed by atoms with Crippen molar-refractivity contribution < 1.29 is 13.5 Å². The second-order valence-electron chi connectivity index (χ2n) is 2.63. The number of nitrogens with two attached hydrogens (primary N) is 1. The maximum atomic E-state index is 13.1. The van der Waals surface area contributed by atoms with Crippen molar-refractivity contribution in [2.45, 2.75) is 6.10 Å². The third-order valence-electron chi connectivity index (χ3n) is 1.81. The van der Waals surface area contributed by atoms with Gasteiger partial charge in [0, 0.05) is 25.3 Å². The number of methoxy groups -OCH3 is 1. The molecule has 0 saturated carbocycles. The molecule has 0 bridgehead atoms. The zero-order valence-electron chi connectivity index (χ0n) is 7.26. The van der Waals surface area contributed by atoms with Crippen molar-refractivity contribution in [3.05, 3.63) is 35.4 Å². The summed E-state index contributed by atoms with van der Waals surface area (Å²) in [5, 5.41) is 0. The molecule has 2 nitrogen and oxygen atoms in total. The summed E-state index contributed by atoms with van der Waals surface area (Å²) < 4.78 is 30.5. The highest BCUT2D eigenvalue weighted by Gasteiger charge is 2.13. The van der Waals surface area contributed by atoms with E-state index in [1.807, 2.05) is 0 Å². The Morgan fingerprint density at radius 1 is 1.46 bits per heavy atom. The second-order valence-corrected chi connectivity index (χ2v) is 2.63. The number of hydrogen-bond acceptors (Lipinski definition) is 2. The molecule has 1 aromatic carbocycles. The Balaban J connectivity index is 2.99. The summed E-state index contributed by atoms with van der Waals surface area (Å²) >= 11 is 0. The summed E-state index contributed by atoms with van der Waals surface area (Å²) in [5.74, 6) is -1.23. The number of ether oxygens (including phenoxy) is 1.